The quantitative estimate of drug-likeness (QED) is 0.422. The lowest BCUT2D eigenvalue weighted by molar-refractivity contribution is -0.119. The number of nitrogens with zero attached hydrogens (tertiary/aromatic N) is 3. The first-order valence-electron chi connectivity index (χ1n) is 10.9. The maximum atomic E-state index is 13.0. The van der Waals surface area contributed by atoms with E-state index in [9.17, 15) is 9.59 Å². The Labute approximate surface area is 193 Å². The van der Waals surface area contributed by atoms with Crippen LogP contribution in [0.2, 0.25) is 0 Å². The predicted octanol–water partition coefficient (Wildman–Crippen LogP) is 4.07. The number of benzene rings is 3. The van der Waals surface area contributed by atoms with Gasteiger partial charge in [0.25, 0.3) is 0 Å². The Balaban J connectivity index is 1.44. The Morgan fingerprint density at radius 3 is 2.36 bits per heavy atom. The van der Waals surface area contributed by atoms with E-state index in [1.54, 1.807) is 18.0 Å². The fraction of sp³-hybridized carbons (Fsp3) is 0.148. The summed E-state index contributed by atoms with van der Waals surface area (Å²) in [5, 5.41) is 2.90. The highest BCUT2D eigenvalue weighted by Crippen LogP contribution is 2.18. The number of likely N-dealkylation sites (N-methyl/N-ethyl adjacent to an activating group) is 1. The van der Waals surface area contributed by atoms with Gasteiger partial charge in [0.2, 0.25) is 11.8 Å². The van der Waals surface area contributed by atoms with Crippen LogP contribution in [0.15, 0.2) is 91.0 Å². The summed E-state index contributed by atoms with van der Waals surface area (Å²) in [6.07, 6.45) is 3.82. The molecule has 33 heavy (non-hydrogen) atoms. The first kappa shape index (κ1) is 22.0. The molecule has 0 unspecified atom stereocenters. The third-order valence-corrected chi connectivity index (χ3v) is 5.42. The molecule has 0 radical (unpaired) electrons. The van der Waals surface area contributed by atoms with Gasteiger partial charge in [-0.25, -0.2) is 4.98 Å². The van der Waals surface area contributed by atoms with Gasteiger partial charge in [0.1, 0.15) is 12.4 Å². The number of carbonyl (C=O) groups is 2. The van der Waals surface area contributed by atoms with Crippen LogP contribution in [0.5, 0.6) is 0 Å². The van der Waals surface area contributed by atoms with Gasteiger partial charge < -0.3 is 14.8 Å². The van der Waals surface area contributed by atoms with Gasteiger partial charge in [-0.1, -0.05) is 60.7 Å². The zero-order valence-corrected chi connectivity index (χ0v) is 18.5. The minimum absolute atomic E-state index is 0.0413. The molecular weight excluding hydrogens is 412 g/mol. The summed E-state index contributed by atoms with van der Waals surface area (Å²) >= 11 is 0. The van der Waals surface area contributed by atoms with Crippen molar-refractivity contribution in [1.29, 1.82) is 0 Å². The summed E-state index contributed by atoms with van der Waals surface area (Å²) < 4.78 is 1.93. The van der Waals surface area contributed by atoms with E-state index >= 15 is 0 Å². The van der Waals surface area contributed by atoms with Crippen LogP contribution in [-0.4, -0.2) is 35.0 Å². The average Bonchev–Trinajstić information content (AvgIpc) is 3.20. The van der Waals surface area contributed by atoms with Crippen molar-refractivity contribution in [2.75, 3.05) is 18.5 Å². The number of aromatic nitrogens is 2. The second-order valence-corrected chi connectivity index (χ2v) is 7.68. The average molecular weight is 439 g/mol. The standard InChI is InChI=1S/C27H26N4O2/c1-30(22-12-6-3-7-13-22)27(33)20-31-24-15-9-8-14-23(24)29-25(31)18-19-28-26(32)17-16-21-10-4-2-5-11-21/h2-17H,18-20H2,1H3,(H,28,32)/b17-16+. The van der Waals surface area contributed by atoms with E-state index < -0.39 is 0 Å². The minimum Gasteiger partial charge on any atom is -0.352 e. The van der Waals surface area contributed by atoms with Crippen LogP contribution < -0.4 is 10.2 Å². The Hall–Kier alpha value is -4.19. The molecule has 0 fully saturated rings. The van der Waals surface area contributed by atoms with Crippen molar-refractivity contribution >= 4 is 34.6 Å². The largest absolute Gasteiger partial charge is 0.352 e. The molecule has 0 aliphatic heterocycles. The predicted molar refractivity (Wildman–Crippen MR) is 132 cm³/mol. The third-order valence-electron chi connectivity index (χ3n) is 5.42. The molecule has 0 atom stereocenters. The highest BCUT2D eigenvalue weighted by molar-refractivity contribution is 5.93. The summed E-state index contributed by atoms with van der Waals surface area (Å²) in [4.78, 5) is 31.6. The molecule has 0 aliphatic carbocycles. The summed E-state index contributed by atoms with van der Waals surface area (Å²) in [7, 11) is 1.77. The number of imidazole rings is 1. The Morgan fingerprint density at radius 1 is 0.939 bits per heavy atom. The Kier molecular flexibility index (Phi) is 6.95. The van der Waals surface area contributed by atoms with Crippen LogP contribution in [0.4, 0.5) is 5.69 Å². The van der Waals surface area contributed by atoms with Gasteiger partial charge in [0.05, 0.1) is 11.0 Å². The lowest BCUT2D eigenvalue weighted by Gasteiger charge is -2.18. The van der Waals surface area contributed by atoms with Crippen LogP contribution in [0.25, 0.3) is 17.1 Å². The number of nitrogens with one attached hydrogen (secondary N) is 1. The van der Waals surface area contributed by atoms with Crippen molar-refractivity contribution in [3.05, 3.63) is 102 Å². The molecule has 4 aromatic rings. The van der Waals surface area contributed by atoms with Crippen molar-refractivity contribution in [2.45, 2.75) is 13.0 Å². The highest BCUT2D eigenvalue weighted by atomic mass is 16.2. The number of rotatable bonds is 8. The van der Waals surface area contributed by atoms with Crippen molar-refractivity contribution in [3.63, 3.8) is 0 Å². The molecule has 0 saturated heterocycles. The normalized spacial score (nSPS) is 11.1. The maximum absolute atomic E-state index is 13.0. The summed E-state index contributed by atoms with van der Waals surface area (Å²) in [5.74, 6) is 0.556. The fourth-order valence-electron chi connectivity index (χ4n) is 3.62. The van der Waals surface area contributed by atoms with Crippen LogP contribution in [0, 0.1) is 0 Å². The van der Waals surface area contributed by atoms with Crippen molar-refractivity contribution in [3.8, 4) is 0 Å². The molecule has 0 saturated carbocycles. The number of carbonyl (C=O) groups excluding carboxylic acids is 2. The monoisotopic (exact) mass is 438 g/mol. The van der Waals surface area contributed by atoms with Crippen molar-refractivity contribution < 1.29 is 9.59 Å². The molecule has 1 heterocycles. The molecule has 2 amide bonds. The van der Waals surface area contributed by atoms with E-state index in [0.29, 0.717) is 13.0 Å². The summed E-state index contributed by atoms with van der Waals surface area (Å²) in [5.41, 5.74) is 3.54. The van der Waals surface area contributed by atoms with Crippen molar-refractivity contribution in [2.24, 2.45) is 0 Å². The van der Waals surface area contributed by atoms with Gasteiger partial charge in [0.15, 0.2) is 0 Å². The zero-order valence-electron chi connectivity index (χ0n) is 18.5. The molecule has 0 bridgehead atoms. The molecule has 6 heteroatoms. The molecule has 0 aliphatic rings. The summed E-state index contributed by atoms with van der Waals surface area (Å²) in [6, 6.07) is 27.0. The number of hydrogen-bond donors (Lipinski definition) is 1. The van der Waals surface area contributed by atoms with E-state index in [-0.39, 0.29) is 18.4 Å². The molecule has 1 N–H and O–H groups in total. The second-order valence-electron chi connectivity index (χ2n) is 7.68. The molecule has 3 aromatic carbocycles. The Bertz CT molecular complexity index is 1260. The first-order valence-corrected chi connectivity index (χ1v) is 10.9. The highest BCUT2D eigenvalue weighted by Gasteiger charge is 2.17. The number of amides is 2. The van der Waals surface area contributed by atoms with Crippen molar-refractivity contribution in [1.82, 2.24) is 14.9 Å². The molecule has 1 aromatic heterocycles. The maximum Gasteiger partial charge on any atom is 0.246 e. The van der Waals surface area contributed by atoms with E-state index in [1.807, 2.05) is 89.5 Å². The van der Waals surface area contributed by atoms with Gasteiger partial charge in [-0.05, 0) is 35.9 Å². The number of hydrogen-bond acceptors (Lipinski definition) is 3. The zero-order chi connectivity index (χ0) is 23.0. The molecule has 166 valence electrons. The minimum atomic E-state index is -0.165. The van der Waals surface area contributed by atoms with Crippen LogP contribution in [0.3, 0.4) is 0 Å². The van der Waals surface area contributed by atoms with Gasteiger partial charge in [-0.15, -0.1) is 0 Å². The summed E-state index contributed by atoms with van der Waals surface area (Å²) in [6.45, 7) is 0.590. The SMILES string of the molecule is CN(C(=O)Cn1c(CCNC(=O)/C=C/c2ccccc2)nc2ccccc21)c1ccccc1. The topological polar surface area (TPSA) is 67.2 Å². The smallest absolute Gasteiger partial charge is 0.246 e. The van der Waals surface area contributed by atoms with Gasteiger partial charge in [-0.3, -0.25) is 9.59 Å². The van der Waals surface area contributed by atoms with Gasteiger partial charge in [-0.2, -0.15) is 0 Å². The van der Waals surface area contributed by atoms with Gasteiger partial charge in [0, 0.05) is 31.8 Å². The third kappa shape index (κ3) is 5.54. The fourth-order valence-corrected chi connectivity index (χ4v) is 3.62. The second kappa shape index (κ2) is 10.4. The molecule has 0 spiro atoms. The lowest BCUT2D eigenvalue weighted by Crippen LogP contribution is -2.31. The van der Waals surface area contributed by atoms with E-state index in [0.717, 1.165) is 28.1 Å². The van der Waals surface area contributed by atoms with Gasteiger partial charge >= 0.3 is 0 Å². The van der Waals surface area contributed by atoms with E-state index in [1.165, 1.54) is 6.08 Å². The Morgan fingerprint density at radius 2 is 1.61 bits per heavy atom. The molecule has 6 nitrogen and oxygen atoms in total. The first-order chi connectivity index (χ1) is 16.1. The van der Waals surface area contributed by atoms with E-state index in [2.05, 4.69) is 5.32 Å². The van der Waals surface area contributed by atoms with Crippen LogP contribution in [0.1, 0.15) is 11.4 Å². The van der Waals surface area contributed by atoms with E-state index in [4.69, 9.17) is 4.98 Å². The molecular formula is C27H26N4O2. The lowest BCUT2D eigenvalue weighted by atomic mass is 10.2. The van der Waals surface area contributed by atoms with Crippen LogP contribution >= 0.6 is 0 Å². The van der Waals surface area contributed by atoms with Crippen LogP contribution in [-0.2, 0) is 22.6 Å². The number of anilines is 1. The molecule has 4 rings (SSSR count). The number of para-hydroxylation sites is 3. The number of fused-ring (bicyclic) bond motifs is 1.